The Bertz CT molecular complexity index is 898. The highest BCUT2D eigenvalue weighted by atomic mass is 79.9. The molecule has 0 bridgehead atoms. The molecule has 3 rings (SSSR count). The van der Waals surface area contributed by atoms with Gasteiger partial charge in [0.15, 0.2) is 0 Å². The fourth-order valence-electron chi connectivity index (χ4n) is 4.46. The van der Waals surface area contributed by atoms with Crippen molar-refractivity contribution < 1.29 is 0 Å². The van der Waals surface area contributed by atoms with E-state index in [9.17, 15) is 0 Å². The second kappa shape index (κ2) is 6.98. The summed E-state index contributed by atoms with van der Waals surface area (Å²) in [6.07, 6.45) is 2.48. The van der Waals surface area contributed by atoms with E-state index in [1.807, 2.05) is 0 Å². The van der Waals surface area contributed by atoms with Crippen molar-refractivity contribution in [3.05, 3.63) is 57.1 Å². The normalized spacial score (nSPS) is 18.4. The van der Waals surface area contributed by atoms with Crippen molar-refractivity contribution in [1.29, 1.82) is 0 Å². The zero-order chi connectivity index (χ0) is 22.0. The van der Waals surface area contributed by atoms with E-state index in [0.717, 1.165) is 0 Å². The van der Waals surface area contributed by atoms with E-state index >= 15 is 0 Å². The molecule has 0 saturated heterocycles. The summed E-state index contributed by atoms with van der Waals surface area (Å²) in [4.78, 5) is 0. The van der Waals surface area contributed by atoms with Gasteiger partial charge < -0.3 is 0 Å². The topological polar surface area (TPSA) is 0 Å². The maximum Gasteiger partial charge on any atom is 0.0256 e. The van der Waals surface area contributed by atoms with Crippen molar-refractivity contribution in [2.75, 3.05) is 0 Å². The fraction of sp³-hybridized carbons (Fsp3) is 0.571. The van der Waals surface area contributed by atoms with Gasteiger partial charge in [-0.1, -0.05) is 103 Å². The number of halogens is 1. The quantitative estimate of drug-likeness (QED) is 0.402. The second-order valence-corrected chi connectivity index (χ2v) is 13.3. The molecule has 0 fully saturated rings. The molecule has 0 saturated carbocycles. The summed E-state index contributed by atoms with van der Waals surface area (Å²) >= 11 is 3.95. The van der Waals surface area contributed by atoms with Gasteiger partial charge in [0, 0.05) is 4.47 Å². The van der Waals surface area contributed by atoms with Crippen LogP contribution in [0.3, 0.4) is 0 Å². The van der Waals surface area contributed by atoms with Gasteiger partial charge in [-0.2, -0.15) is 0 Å². The maximum atomic E-state index is 3.95. The smallest absolute Gasteiger partial charge is 0.0256 e. The van der Waals surface area contributed by atoms with Gasteiger partial charge in [-0.05, 0) is 80.0 Å². The minimum absolute atomic E-state index is 0.123. The molecule has 0 unspecified atom stereocenters. The molecule has 1 aliphatic rings. The molecule has 0 aromatic heterocycles. The van der Waals surface area contributed by atoms with Crippen LogP contribution in [0.5, 0.6) is 0 Å². The fourth-order valence-corrected chi connectivity index (χ4v) is 5.03. The van der Waals surface area contributed by atoms with Crippen molar-refractivity contribution in [2.24, 2.45) is 0 Å². The molecule has 0 radical (unpaired) electrons. The van der Waals surface area contributed by atoms with Crippen LogP contribution >= 0.6 is 15.9 Å². The van der Waals surface area contributed by atoms with E-state index < -0.39 is 0 Å². The summed E-state index contributed by atoms with van der Waals surface area (Å²) in [6, 6.07) is 12.1. The van der Waals surface area contributed by atoms with Crippen molar-refractivity contribution in [1.82, 2.24) is 0 Å². The Kier molecular flexibility index (Phi) is 5.44. The van der Waals surface area contributed by atoms with E-state index in [2.05, 4.69) is 115 Å². The molecule has 0 N–H and O–H groups in total. The van der Waals surface area contributed by atoms with Crippen LogP contribution in [0.25, 0.3) is 11.1 Å². The molecule has 2 aromatic carbocycles. The lowest BCUT2D eigenvalue weighted by Crippen LogP contribution is -2.33. The molecule has 2 aromatic rings. The van der Waals surface area contributed by atoms with Crippen LogP contribution in [0.1, 0.15) is 104 Å². The highest BCUT2D eigenvalue weighted by Gasteiger charge is 2.37. The Morgan fingerprint density at radius 3 is 1.48 bits per heavy atom. The van der Waals surface area contributed by atoms with Gasteiger partial charge in [-0.25, -0.2) is 0 Å². The third kappa shape index (κ3) is 4.36. The third-order valence-corrected chi connectivity index (χ3v) is 7.57. The largest absolute Gasteiger partial charge is 0.0561 e. The van der Waals surface area contributed by atoms with Gasteiger partial charge in [0.1, 0.15) is 0 Å². The summed E-state index contributed by atoms with van der Waals surface area (Å²) in [7, 11) is 0. The molecule has 0 nitrogen and oxygen atoms in total. The molecule has 1 aliphatic carbocycles. The lowest BCUT2D eigenvalue weighted by atomic mass is 9.63. The Hall–Kier alpha value is -1.08. The summed E-state index contributed by atoms with van der Waals surface area (Å²) in [5.74, 6) is 0. The SMILES string of the molecule is CC(C)(C)c1cc(-c2cc3c(cc2Br)C(C)(C)CCC3(C)C)cc(C(C)(C)C)c1. The first-order chi connectivity index (χ1) is 13.0. The van der Waals surface area contributed by atoms with Gasteiger partial charge in [0.05, 0.1) is 0 Å². The average Bonchev–Trinajstić information content (AvgIpc) is 2.57. The van der Waals surface area contributed by atoms with Crippen LogP contribution in [0.15, 0.2) is 34.8 Å². The van der Waals surface area contributed by atoms with E-state index in [1.54, 1.807) is 0 Å². The predicted octanol–water partition coefficient (Wildman–Crippen LogP) is 9.06. The second-order valence-electron chi connectivity index (χ2n) is 12.4. The van der Waals surface area contributed by atoms with E-state index in [4.69, 9.17) is 0 Å². The maximum absolute atomic E-state index is 3.95. The van der Waals surface area contributed by atoms with Gasteiger partial charge in [-0.3, -0.25) is 0 Å². The summed E-state index contributed by atoms with van der Waals surface area (Å²) in [6.45, 7) is 23.5. The molecule has 1 heteroatoms. The van der Waals surface area contributed by atoms with Crippen LogP contribution in [0, 0.1) is 0 Å². The van der Waals surface area contributed by atoms with E-state index in [0.29, 0.717) is 0 Å². The van der Waals surface area contributed by atoms with Crippen LogP contribution < -0.4 is 0 Å². The monoisotopic (exact) mass is 454 g/mol. The first-order valence-corrected chi connectivity index (χ1v) is 11.8. The zero-order valence-corrected chi connectivity index (χ0v) is 21.8. The molecular weight excluding hydrogens is 416 g/mol. The first-order valence-electron chi connectivity index (χ1n) is 11.0. The van der Waals surface area contributed by atoms with E-state index in [-0.39, 0.29) is 21.7 Å². The lowest BCUT2D eigenvalue weighted by molar-refractivity contribution is 0.332. The standard InChI is InChI=1S/C28H39Br/c1-25(2,3)19-13-18(14-20(15-19)26(4,5)6)21-16-22-23(17-24(21)29)28(9,10)12-11-27(22,7)8/h13-17H,11-12H2,1-10H3. The number of benzene rings is 2. The third-order valence-electron chi connectivity index (χ3n) is 6.92. The van der Waals surface area contributed by atoms with Gasteiger partial charge in [0.2, 0.25) is 0 Å². The molecule has 158 valence electrons. The van der Waals surface area contributed by atoms with Gasteiger partial charge in [-0.15, -0.1) is 0 Å². The molecule has 0 amide bonds. The first kappa shape index (κ1) is 22.6. The molecule has 0 spiro atoms. The summed E-state index contributed by atoms with van der Waals surface area (Å²) < 4.78 is 1.22. The molecule has 0 atom stereocenters. The van der Waals surface area contributed by atoms with Crippen LogP contribution in [-0.2, 0) is 21.7 Å². The number of hydrogen-bond donors (Lipinski definition) is 0. The Balaban J connectivity index is 2.29. The van der Waals surface area contributed by atoms with Crippen molar-refractivity contribution in [3.63, 3.8) is 0 Å². The van der Waals surface area contributed by atoms with Crippen LogP contribution in [0.4, 0.5) is 0 Å². The number of fused-ring (bicyclic) bond motifs is 1. The van der Waals surface area contributed by atoms with Gasteiger partial charge >= 0.3 is 0 Å². The summed E-state index contributed by atoms with van der Waals surface area (Å²) in [5.41, 5.74) is 9.19. The Labute approximate surface area is 187 Å². The van der Waals surface area contributed by atoms with Crippen molar-refractivity contribution >= 4 is 15.9 Å². The molecule has 0 aliphatic heterocycles. The Morgan fingerprint density at radius 1 is 0.655 bits per heavy atom. The number of hydrogen-bond acceptors (Lipinski definition) is 0. The van der Waals surface area contributed by atoms with Gasteiger partial charge in [0.25, 0.3) is 0 Å². The van der Waals surface area contributed by atoms with E-state index in [1.165, 1.54) is 50.7 Å². The zero-order valence-electron chi connectivity index (χ0n) is 20.2. The molecule has 0 heterocycles. The van der Waals surface area contributed by atoms with Crippen LogP contribution in [-0.4, -0.2) is 0 Å². The average molecular weight is 456 g/mol. The minimum Gasteiger partial charge on any atom is -0.0561 e. The highest BCUT2D eigenvalue weighted by Crippen LogP contribution is 2.49. The lowest BCUT2D eigenvalue weighted by Gasteiger charge is -2.42. The number of rotatable bonds is 1. The highest BCUT2D eigenvalue weighted by molar-refractivity contribution is 9.10. The van der Waals surface area contributed by atoms with Crippen molar-refractivity contribution in [2.45, 2.75) is 104 Å². The van der Waals surface area contributed by atoms with Crippen molar-refractivity contribution in [3.8, 4) is 11.1 Å². The van der Waals surface area contributed by atoms with Crippen LogP contribution in [0.2, 0.25) is 0 Å². The molecule has 29 heavy (non-hydrogen) atoms. The Morgan fingerprint density at radius 2 is 1.07 bits per heavy atom. The minimum atomic E-state index is 0.123. The molecular formula is C28H39Br. The summed E-state index contributed by atoms with van der Waals surface area (Å²) in [5, 5.41) is 0. The predicted molar refractivity (Wildman–Crippen MR) is 132 cm³/mol.